The first-order chi connectivity index (χ1) is 8.43. The number of thiazole rings is 1. The van der Waals surface area contributed by atoms with Crippen molar-refractivity contribution >= 4 is 29.2 Å². The minimum Gasteiger partial charge on any atom is -0.277 e. The third-order valence-electron chi connectivity index (χ3n) is 2.85. The molecular weight excluding hydrogens is 254 g/mol. The molecule has 7 heteroatoms. The summed E-state index contributed by atoms with van der Waals surface area (Å²) in [6, 6.07) is -0.652. The van der Waals surface area contributed by atoms with Gasteiger partial charge >= 0.3 is 6.03 Å². The quantitative estimate of drug-likeness (QED) is 0.821. The number of hydrogen-bond donors (Lipinski definition) is 1. The molecule has 1 aliphatic rings. The number of amides is 4. The minimum absolute atomic E-state index is 0.231. The summed E-state index contributed by atoms with van der Waals surface area (Å²) in [5.74, 6) is -1.02. The first kappa shape index (κ1) is 12.7. The van der Waals surface area contributed by atoms with Gasteiger partial charge in [0.2, 0.25) is 11.8 Å². The van der Waals surface area contributed by atoms with Gasteiger partial charge in [-0.15, -0.1) is 11.3 Å². The van der Waals surface area contributed by atoms with Gasteiger partial charge in [-0.1, -0.05) is 0 Å². The monoisotopic (exact) mass is 267 g/mol. The van der Waals surface area contributed by atoms with Crippen LogP contribution in [0.4, 0.5) is 4.79 Å². The van der Waals surface area contributed by atoms with Crippen molar-refractivity contribution in [2.45, 2.75) is 20.3 Å². The summed E-state index contributed by atoms with van der Waals surface area (Å²) < 4.78 is 0. The molecule has 6 nitrogen and oxygen atoms in total. The Balaban J connectivity index is 2.09. The highest BCUT2D eigenvalue weighted by atomic mass is 32.1. The van der Waals surface area contributed by atoms with Crippen molar-refractivity contribution in [3.05, 3.63) is 16.6 Å². The van der Waals surface area contributed by atoms with Crippen LogP contribution in [0.25, 0.3) is 0 Å². The third-order valence-corrected chi connectivity index (χ3v) is 3.69. The first-order valence-electron chi connectivity index (χ1n) is 5.48. The molecule has 1 N–H and O–H groups in total. The second-order valence-corrected chi connectivity index (χ2v) is 5.50. The highest BCUT2D eigenvalue weighted by Gasteiger charge is 2.46. The average molecular weight is 267 g/mol. The summed E-state index contributed by atoms with van der Waals surface area (Å²) >= 11 is 1.47. The van der Waals surface area contributed by atoms with E-state index < -0.39 is 23.3 Å². The van der Waals surface area contributed by atoms with E-state index in [0.717, 1.165) is 9.91 Å². The number of urea groups is 1. The van der Waals surface area contributed by atoms with E-state index in [1.807, 2.05) is 5.38 Å². The van der Waals surface area contributed by atoms with E-state index in [1.165, 1.54) is 25.2 Å². The van der Waals surface area contributed by atoms with Crippen LogP contribution >= 0.6 is 11.3 Å². The standard InChI is InChI=1S/C11H13N3O3S/c1-11(2)8(15)13-10(17)14(9(11)16)5-3-7-12-4-6-18-7/h4,6H,3,5H2,1-2H3,(H,13,15,17). The van der Waals surface area contributed by atoms with Crippen LogP contribution < -0.4 is 5.32 Å². The van der Waals surface area contributed by atoms with Crippen molar-refractivity contribution in [3.8, 4) is 0 Å². The molecule has 0 spiro atoms. The molecule has 4 amide bonds. The van der Waals surface area contributed by atoms with Gasteiger partial charge in [0.1, 0.15) is 5.41 Å². The summed E-state index contributed by atoms with van der Waals surface area (Å²) in [6.07, 6.45) is 2.17. The van der Waals surface area contributed by atoms with Gasteiger partial charge in [0.05, 0.1) is 5.01 Å². The van der Waals surface area contributed by atoms with Crippen molar-refractivity contribution in [1.29, 1.82) is 0 Å². The number of aromatic nitrogens is 1. The molecule has 0 bridgehead atoms. The van der Waals surface area contributed by atoms with Gasteiger partial charge in [0.15, 0.2) is 0 Å². The SMILES string of the molecule is CC1(C)C(=O)NC(=O)N(CCc2nccs2)C1=O. The van der Waals surface area contributed by atoms with Gasteiger partial charge in [-0.05, 0) is 13.8 Å². The maximum atomic E-state index is 12.1. The molecule has 0 radical (unpaired) electrons. The normalized spacial score (nSPS) is 19.0. The zero-order valence-corrected chi connectivity index (χ0v) is 10.9. The zero-order chi connectivity index (χ0) is 13.3. The fraction of sp³-hybridized carbons (Fsp3) is 0.455. The van der Waals surface area contributed by atoms with Crippen molar-refractivity contribution in [3.63, 3.8) is 0 Å². The van der Waals surface area contributed by atoms with Crippen LogP contribution in [0.3, 0.4) is 0 Å². The molecule has 0 unspecified atom stereocenters. The van der Waals surface area contributed by atoms with E-state index in [9.17, 15) is 14.4 Å². The Hall–Kier alpha value is -1.76. The van der Waals surface area contributed by atoms with E-state index in [2.05, 4.69) is 10.3 Å². The van der Waals surface area contributed by atoms with Crippen LogP contribution in [0.15, 0.2) is 11.6 Å². The van der Waals surface area contributed by atoms with Crippen LogP contribution in [0.2, 0.25) is 0 Å². The maximum absolute atomic E-state index is 12.1. The molecule has 1 fully saturated rings. The lowest BCUT2D eigenvalue weighted by atomic mass is 9.89. The van der Waals surface area contributed by atoms with Gasteiger partial charge < -0.3 is 0 Å². The van der Waals surface area contributed by atoms with Gasteiger partial charge in [-0.25, -0.2) is 9.78 Å². The Morgan fingerprint density at radius 1 is 1.39 bits per heavy atom. The molecule has 0 aliphatic carbocycles. The van der Waals surface area contributed by atoms with Gasteiger partial charge in [-0.3, -0.25) is 19.8 Å². The molecule has 2 rings (SSSR count). The van der Waals surface area contributed by atoms with Gasteiger partial charge in [-0.2, -0.15) is 0 Å². The first-order valence-corrected chi connectivity index (χ1v) is 6.36. The Labute approximate surface area is 108 Å². The third kappa shape index (κ3) is 2.13. The number of nitrogens with zero attached hydrogens (tertiary/aromatic N) is 2. The lowest BCUT2D eigenvalue weighted by Gasteiger charge is -2.34. The summed E-state index contributed by atoms with van der Waals surface area (Å²) in [7, 11) is 0. The summed E-state index contributed by atoms with van der Waals surface area (Å²) in [6.45, 7) is 3.25. The largest absolute Gasteiger partial charge is 0.330 e. The number of carbonyl (C=O) groups excluding carboxylic acids is 3. The van der Waals surface area contributed by atoms with Crippen molar-refractivity contribution in [1.82, 2.24) is 15.2 Å². The number of carbonyl (C=O) groups is 3. The van der Waals surface area contributed by atoms with Crippen LogP contribution in [0.1, 0.15) is 18.9 Å². The van der Waals surface area contributed by atoms with Crippen molar-refractivity contribution < 1.29 is 14.4 Å². The van der Waals surface area contributed by atoms with E-state index in [4.69, 9.17) is 0 Å². The Bertz CT molecular complexity index is 496. The molecular formula is C11H13N3O3S. The summed E-state index contributed by atoms with van der Waals surface area (Å²) in [4.78, 5) is 40.4. The second-order valence-electron chi connectivity index (χ2n) is 4.52. The van der Waals surface area contributed by atoms with E-state index in [0.29, 0.717) is 6.42 Å². The number of rotatable bonds is 3. The topological polar surface area (TPSA) is 79.4 Å². The smallest absolute Gasteiger partial charge is 0.277 e. The van der Waals surface area contributed by atoms with E-state index in [1.54, 1.807) is 6.20 Å². The fourth-order valence-electron chi connectivity index (χ4n) is 1.63. The van der Waals surface area contributed by atoms with Crippen LogP contribution in [0.5, 0.6) is 0 Å². The zero-order valence-electron chi connectivity index (χ0n) is 10.1. The highest BCUT2D eigenvalue weighted by Crippen LogP contribution is 2.23. The molecule has 1 aromatic rings. The number of imide groups is 2. The lowest BCUT2D eigenvalue weighted by molar-refractivity contribution is -0.148. The second kappa shape index (κ2) is 4.49. The van der Waals surface area contributed by atoms with Crippen LogP contribution in [-0.2, 0) is 16.0 Å². The Morgan fingerprint density at radius 2 is 2.11 bits per heavy atom. The molecule has 96 valence electrons. The predicted octanol–water partition coefficient (Wildman–Crippen LogP) is 0.790. The Morgan fingerprint density at radius 3 is 2.72 bits per heavy atom. The average Bonchev–Trinajstić information content (AvgIpc) is 2.80. The molecule has 1 aromatic heterocycles. The minimum atomic E-state index is -1.20. The number of barbiturate groups is 1. The molecule has 2 heterocycles. The molecule has 0 aromatic carbocycles. The molecule has 0 atom stereocenters. The predicted molar refractivity (Wildman–Crippen MR) is 64.9 cm³/mol. The van der Waals surface area contributed by atoms with Crippen molar-refractivity contribution in [2.75, 3.05) is 6.54 Å². The number of nitrogens with one attached hydrogen (secondary N) is 1. The highest BCUT2D eigenvalue weighted by molar-refractivity contribution is 7.09. The fourth-order valence-corrected chi connectivity index (χ4v) is 2.24. The van der Waals surface area contributed by atoms with E-state index in [-0.39, 0.29) is 6.54 Å². The van der Waals surface area contributed by atoms with Gasteiger partial charge in [0, 0.05) is 24.5 Å². The van der Waals surface area contributed by atoms with Crippen LogP contribution in [0, 0.1) is 5.41 Å². The molecule has 0 saturated carbocycles. The molecule has 1 aliphatic heterocycles. The number of hydrogen-bond acceptors (Lipinski definition) is 5. The molecule has 18 heavy (non-hydrogen) atoms. The lowest BCUT2D eigenvalue weighted by Crippen LogP contribution is -2.62. The molecule has 1 saturated heterocycles. The summed E-state index contributed by atoms with van der Waals surface area (Å²) in [5, 5.41) is 4.88. The van der Waals surface area contributed by atoms with Gasteiger partial charge in [0.25, 0.3) is 0 Å². The maximum Gasteiger partial charge on any atom is 0.330 e. The van der Waals surface area contributed by atoms with Crippen molar-refractivity contribution in [2.24, 2.45) is 5.41 Å². The Kier molecular flexibility index (Phi) is 3.16. The van der Waals surface area contributed by atoms with E-state index >= 15 is 0 Å². The van der Waals surface area contributed by atoms with Crippen LogP contribution in [-0.4, -0.2) is 34.3 Å². The summed E-state index contributed by atoms with van der Waals surface area (Å²) in [5.41, 5.74) is -1.20.